The second-order valence-electron chi connectivity index (χ2n) is 6.47. The summed E-state index contributed by atoms with van der Waals surface area (Å²) in [5.41, 5.74) is -1.35. The largest absolute Gasteiger partial charge is 0.433 e. The highest BCUT2D eigenvalue weighted by molar-refractivity contribution is 5.95. The first-order valence-corrected chi connectivity index (χ1v) is 7.54. The van der Waals surface area contributed by atoms with Crippen LogP contribution in [0.15, 0.2) is 12.1 Å². The van der Waals surface area contributed by atoms with Gasteiger partial charge in [0.05, 0.1) is 29.6 Å². The van der Waals surface area contributed by atoms with Crippen molar-refractivity contribution in [3.8, 4) is 0 Å². The number of carbonyl (C=O) groups is 1. The monoisotopic (exact) mass is 346 g/mol. The third-order valence-corrected chi connectivity index (χ3v) is 3.73. The molecule has 0 radical (unpaired) electrons. The Balaban J connectivity index is 2.24. The number of hydrogen-bond acceptors (Lipinski definition) is 4. The molecule has 0 aromatic carbocycles. The Kier molecular flexibility index (Phi) is 5.19. The number of hydrogen-bond donors (Lipinski definition) is 0. The maximum absolute atomic E-state index is 12.7. The first kappa shape index (κ1) is 18.7. The number of amides is 1. The Morgan fingerprint density at radius 3 is 2.67 bits per heavy atom. The van der Waals surface area contributed by atoms with Gasteiger partial charge in [-0.05, 0) is 32.9 Å². The van der Waals surface area contributed by atoms with Crippen LogP contribution < -0.4 is 0 Å². The van der Waals surface area contributed by atoms with Gasteiger partial charge in [-0.3, -0.25) is 4.79 Å². The molecule has 1 aromatic heterocycles. The first-order chi connectivity index (χ1) is 11.0. The number of ether oxygens (including phenoxy) is 2. The molecular weight excluding hydrogens is 325 g/mol. The minimum Gasteiger partial charge on any atom is -0.382 e. The molecule has 1 aliphatic rings. The summed E-state index contributed by atoms with van der Waals surface area (Å²) in [6, 6.07) is 2.01. The van der Waals surface area contributed by atoms with E-state index in [1.807, 2.05) is 13.8 Å². The van der Waals surface area contributed by atoms with Gasteiger partial charge in [0, 0.05) is 20.2 Å². The second kappa shape index (κ2) is 6.68. The van der Waals surface area contributed by atoms with Crippen LogP contribution in [0.2, 0.25) is 0 Å². The summed E-state index contributed by atoms with van der Waals surface area (Å²) in [7, 11) is 1.54. The van der Waals surface area contributed by atoms with Crippen LogP contribution in [0, 0.1) is 6.92 Å². The zero-order chi connectivity index (χ0) is 18.1. The van der Waals surface area contributed by atoms with Crippen molar-refractivity contribution in [1.82, 2.24) is 9.88 Å². The number of carbonyl (C=O) groups excluding carboxylic acids is 1. The van der Waals surface area contributed by atoms with Gasteiger partial charge in [-0.25, -0.2) is 4.98 Å². The quantitative estimate of drug-likeness (QED) is 0.844. The lowest BCUT2D eigenvalue weighted by Gasteiger charge is -2.42. The zero-order valence-corrected chi connectivity index (χ0v) is 14.1. The number of nitrogens with zero attached hydrogens (tertiary/aromatic N) is 2. The molecule has 24 heavy (non-hydrogen) atoms. The molecule has 1 saturated heterocycles. The molecule has 2 rings (SSSR count). The van der Waals surface area contributed by atoms with E-state index in [0.717, 1.165) is 6.07 Å². The number of methoxy groups -OCH3 is 1. The van der Waals surface area contributed by atoms with Gasteiger partial charge in [0.25, 0.3) is 5.91 Å². The van der Waals surface area contributed by atoms with Crippen LogP contribution in [0.3, 0.4) is 0 Å². The van der Waals surface area contributed by atoms with Gasteiger partial charge >= 0.3 is 6.18 Å². The molecule has 1 atom stereocenters. The number of rotatable bonds is 3. The second-order valence-corrected chi connectivity index (χ2v) is 6.47. The van der Waals surface area contributed by atoms with Crippen molar-refractivity contribution in [1.29, 1.82) is 0 Å². The van der Waals surface area contributed by atoms with Gasteiger partial charge < -0.3 is 14.4 Å². The molecule has 0 spiro atoms. The van der Waals surface area contributed by atoms with Gasteiger partial charge in [-0.1, -0.05) is 0 Å². The van der Waals surface area contributed by atoms with Gasteiger partial charge in [0.2, 0.25) is 0 Å². The summed E-state index contributed by atoms with van der Waals surface area (Å²) in [6.07, 6.45) is -4.82. The fourth-order valence-corrected chi connectivity index (χ4v) is 2.84. The van der Waals surface area contributed by atoms with Crippen molar-refractivity contribution >= 4 is 5.91 Å². The summed E-state index contributed by atoms with van der Waals surface area (Å²) in [5.74, 6) is -0.355. The SMILES string of the molecule is COC[C@H]1CN(C(=O)c2ccc(C(F)(F)F)nc2C)CC(C)(C)O1. The molecule has 2 heterocycles. The van der Waals surface area contributed by atoms with Gasteiger partial charge in [-0.2, -0.15) is 13.2 Å². The first-order valence-electron chi connectivity index (χ1n) is 7.54. The van der Waals surface area contributed by atoms with E-state index in [0.29, 0.717) is 19.7 Å². The number of alkyl halides is 3. The molecule has 1 amide bonds. The minimum absolute atomic E-state index is 0.0578. The van der Waals surface area contributed by atoms with Crippen LogP contribution in [0.25, 0.3) is 0 Å². The standard InChI is InChI=1S/C16H21F3N2O3/c1-10-12(5-6-13(20-10)16(17,18)19)14(22)21-7-11(8-23-4)24-15(2,3)9-21/h5-6,11H,7-9H2,1-4H3/t11-/m1/s1. The highest BCUT2D eigenvalue weighted by Gasteiger charge is 2.37. The van der Waals surface area contributed by atoms with E-state index in [1.165, 1.54) is 13.0 Å². The topological polar surface area (TPSA) is 51.7 Å². The average molecular weight is 346 g/mol. The van der Waals surface area contributed by atoms with E-state index < -0.39 is 17.5 Å². The number of pyridine rings is 1. The van der Waals surface area contributed by atoms with Crippen molar-refractivity contribution in [2.45, 2.75) is 38.7 Å². The maximum Gasteiger partial charge on any atom is 0.433 e. The highest BCUT2D eigenvalue weighted by atomic mass is 19.4. The zero-order valence-electron chi connectivity index (χ0n) is 14.1. The van der Waals surface area contributed by atoms with Crippen molar-refractivity contribution in [3.05, 3.63) is 29.1 Å². The fourth-order valence-electron chi connectivity index (χ4n) is 2.84. The van der Waals surface area contributed by atoms with Crippen molar-refractivity contribution in [3.63, 3.8) is 0 Å². The number of aryl methyl sites for hydroxylation is 1. The van der Waals surface area contributed by atoms with Crippen molar-refractivity contribution < 1.29 is 27.4 Å². The van der Waals surface area contributed by atoms with Crippen LogP contribution in [-0.2, 0) is 15.7 Å². The van der Waals surface area contributed by atoms with E-state index in [9.17, 15) is 18.0 Å². The van der Waals surface area contributed by atoms with Crippen LogP contribution >= 0.6 is 0 Å². The predicted octanol–water partition coefficient (Wildman–Crippen LogP) is 2.67. The Hall–Kier alpha value is -1.67. The Labute approximate surface area is 138 Å². The van der Waals surface area contributed by atoms with Gasteiger partial charge in [0.15, 0.2) is 0 Å². The van der Waals surface area contributed by atoms with Gasteiger partial charge in [0.1, 0.15) is 5.69 Å². The molecule has 0 aliphatic carbocycles. The molecule has 0 bridgehead atoms. The third kappa shape index (κ3) is 4.24. The molecule has 1 fully saturated rings. The Morgan fingerprint density at radius 1 is 1.46 bits per heavy atom. The van der Waals surface area contributed by atoms with E-state index in [2.05, 4.69) is 4.98 Å². The summed E-state index contributed by atoms with van der Waals surface area (Å²) in [5, 5.41) is 0. The molecule has 0 N–H and O–H groups in total. The summed E-state index contributed by atoms with van der Waals surface area (Å²) < 4.78 is 49.0. The molecule has 5 nitrogen and oxygen atoms in total. The summed E-state index contributed by atoms with van der Waals surface area (Å²) >= 11 is 0. The Bertz CT molecular complexity index is 617. The molecule has 134 valence electrons. The van der Waals surface area contributed by atoms with Gasteiger partial charge in [-0.15, -0.1) is 0 Å². The molecule has 1 aliphatic heterocycles. The number of morpholine rings is 1. The molecular formula is C16H21F3N2O3. The smallest absolute Gasteiger partial charge is 0.382 e. The van der Waals surface area contributed by atoms with Crippen molar-refractivity contribution in [2.24, 2.45) is 0 Å². The van der Waals surface area contributed by atoms with E-state index >= 15 is 0 Å². The van der Waals surface area contributed by atoms with E-state index in [1.54, 1.807) is 12.0 Å². The van der Waals surface area contributed by atoms with Crippen LogP contribution in [0.1, 0.15) is 35.6 Å². The lowest BCUT2D eigenvalue weighted by atomic mass is 10.0. The lowest BCUT2D eigenvalue weighted by Crippen LogP contribution is -2.55. The summed E-state index contributed by atoms with van der Waals surface area (Å²) in [4.78, 5) is 17.8. The van der Waals surface area contributed by atoms with Crippen LogP contribution in [0.5, 0.6) is 0 Å². The molecule has 1 aromatic rings. The minimum atomic E-state index is -4.53. The maximum atomic E-state index is 12.7. The van der Waals surface area contributed by atoms with E-state index in [-0.39, 0.29) is 23.3 Å². The Morgan fingerprint density at radius 2 is 2.12 bits per heavy atom. The predicted molar refractivity (Wildman–Crippen MR) is 80.7 cm³/mol. The fraction of sp³-hybridized carbons (Fsp3) is 0.625. The number of halogens is 3. The highest BCUT2D eigenvalue weighted by Crippen LogP contribution is 2.29. The van der Waals surface area contributed by atoms with E-state index in [4.69, 9.17) is 9.47 Å². The lowest BCUT2D eigenvalue weighted by molar-refractivity contribution is -0.143. The third-order valence-electron chi connectivity index (χ3n) is 3.73. The number of aromatic nitrogens is 1. The summed E-state index contributed by atoms with van der Waals surface area (Å²) in [6.45, 7) is 6.10. The van der Waals surface area contributed by atoms with Crippen LogP contribution in [0.4, 0.5) is 13.2 Å². The molecule has 0 saturated carbocycles. The average Bonchev–Trinajstić information content (AvgIpc) is 2.44. The molecule has 0 unspecified atom stereocenters. The normalized spacial score (nSPS) is 21.0. The van der Waals surface area contributed by atoms with Crippen molar-refractivity contribution in [2.75, 3.05) is 26.8 Å². The molecule has 8 heteroatoms. The van der Waals surface area contributed by atoms with Crippen LogP contribution in [-0.4, -0.2) is 54.3 Å².